The van der Waals surface area contributed by atoms with Crippen LogP contribution in [0.1, 0.15) is 18.1 Å². The summed E-state index contributed by atoms with van der Waals surface area (Å²) in [6, 6.07) is 15.6. The van der Waals surface area contributed by atoms with Crippen molar-refractivity contribution in [3.05, 3.63) is 59.7 Å². The average molecular weight is 325 g/mol. The second-order valence-electron chi connectivity index (χ2n) is 5.78. The summed E-state index contributed by atoms with van der Waals surface area (Å²) in [5.41, 5.74) is 7.06. The predicted molar refractivity (Wildman–Crippen MR) is 97.6 cm³/mol. The summed E-state index contributed by atoms with van der Waals surface area (Å²) in [4.78, 5) is 13.0. The van der Waals surface area contributed by atoms with Gasteiger partial charge in [-0.25, -0.2) is 0 Å². The zero-order valence-corrected chi connectivity index (χ0v) is 14.5. The Hall–Kier alpha value is -2.82. The number of nitrogens with zero attached hydrogens (tertiary/aromatic N) is 2. The van der Waals surface area contributed by atoms with E-state index in [0.29, 0.717) is 5.75 Å². The van der Waals surface area contributed by atoms with E-state index in [1.54, 1.807) is 14.1 Å². The molecule has 0 aliphatic rings. The molecule has 0 unspecified atom stereocenters. The number of nitrogens with one attached hydrogen (secondary N) is 1. The van der Waals surface area contributed by atoms with Crippen LogP contribution in [0.25, 0.3) is 0 Å². The summed E-state index contributed by atoms with van der Waals surface area (Å²) in [7, 11) is 3.41. The van der Waals surface area contributed by atoms with Crippen molar-refractivity contribution in [1.29, 1.82) is 0 Å². The summed E-state index contributed by atoms with van der Waals surface area (Å²) in [6.07, 6.45) is 0. The van der Waals surface area contributed by atoms with Crippen molar-refractivity contribution >= 4 is 17.3 Å². The molecule has 0 aliphatic heterocycles. The van der Waals surface area contributed by atoms with Crippen LogP contribution in [0.15, 0.2) is 53.6 Å². The number of hydrogen-bond donors (Lipinski definition) is 1. The third-order valence-corrected chi connectivity index (χ3v) is 3.54. The van der Waals surface area contributed by atoms with Crippen molar-refractivity contribution in [2.45, 2.75) is 13.8 Å². The molecule has 0 atom stereocenters. The van der Waals surface area contributed by atoms with E-state index < -0.39 is 0 Å². The van der Waals surface area contributed by atoms with E-state index in [0.717, 1.165) is 17.0 Å². The highest BCUT2D eigenvalue weighted by molar-refractivity contribution is 5.99. The first-order valence-electron chi connectivity index (χ1n) is 7.76. The first kappa shape index (κ1) is 17.5. The normalized spacial score (nSPS) is 11.1. The second kappa shape index (κ2) is 8.15. The lowest BCUT2D eigenvalue weighted by atomic mass is 10.1. The van der Waals surface area contributed by atoms with Gasteiger partial charge in [-0.15, -0.1) is 0 Å². The van der Waals surface area contributed by atoms with Crippen LogP contribution >= 0.6 is 0 Å². The Balaban J connectivity index is 1.95. The lowest BCUT2D eigenvalue weighted by Crippen LogP contribution is -2.27. The Morgan fingerprint density at radius 1 is 1.08 bits per heavy atom. The molecule has 0 fully saturated rings. The van der Waals surface area contributed by atoms with E-state index in [9.17, 15) is 4.79 Å². The molecular weight excluding hydrogens is 302 g/mol. The van der Waals surface area contributed by atoms with Gasteiger partial charge in [-0.3, -0.25) is 10.2 Å². The first-order valence-corrected chi connectivity index (χ1v) is 7.76. The molecule has 5 heteroatoms. The highest BCUT2D eigenvalue weighted by Gasteiger charge is 2.05. The Labute approximate surface area is 142 Å². The van der Waals surface area contributed by atoms with Gasteiger partial charge in [0.2, 0.25) is 0 Å². The molecule has 0 bridgehead atoms. The van der Waals surface area contributed by atoms with E-state index in [2.05, 4.69) is 10.5 Å². The van der Waals surface area contributed by atoms with Crippen molar-refractivity contribution < 1.29 is 9.53 Å². The molecule has 24 heavy (non-hydrogen) atoms. The van der Waals surface area contributed by atoms with Gasteiger partial charge in [0.15, 0.2) is 6.61 Å². The number of hydrazone groups is 1. The van der Waals surface area contributed by atoms with Crippen molar-refractivity contribution in [3.8, 4) is 5.75 Å². The second-order valence-corrected chi connectivity index (χ2v) is 5.78. The zero-order valence-electron chi connectivity index (χ0n) is 14.5. The standard InChI is InChI=1S/C19H23N3O2/c1-14-5-9-17(10-6-14)21-20-15(2)16-7-11-18(12-8-16)24-13-19(23)22(3)4/h5-12,21H,13H2,1-4H3/b20-15-. The number of rotatable bonds is 6. The minimum atomic E-state index is -0.0703. The quantitative estimate of drug-likeness (QED) is 0.655. The number of ether oxygens (including phenoxy) is 1. The van der Waals surface area contributed by atoms with Gasteiger partial charge in [0.25, 0.3) is 5.91 Å². The molecule has 2 rings (SSSR count). The molecule has 0 aromatic heterocycles. The number of aryl methyl sites for hydroxylation is 1. The van der Waals surface area contributed by atoms with Gasteiger partial charge in [-0.2, -0.15) is 5.10 Å². The van der Waals surface area contributed by atoms with Crippen LogP contribution in [0.5, 0.6) is 5.75 Å². The van der Waals surface area contributed by atoms with E-state index in [1.807, 2.05) is 62.4 Å². The molecule has 0 saturated heterocycles. The molecule has 2 aromatic rings. The fourth-order valence-electron chi connectivity index (χ4n) is 1.91. The summed E-state index contributed by atoms with van der Waals surface area (Å²) < 4.78 is 5.46. The maximum absolute atomic E-state index is 11.5. The van der Waals surface area contributed by atoms with Gasteiger partial charge >= 0.3 is 0 Å². The van der Waals surface area contributed by atoms with Gasteiger partial charge < -0.3 is 9.64 Å². The number of likely N-dealkylation sites (N-methyl/N-ethyl adjacent to an activating group) is 1. The molecule has 126 valence electrons. The number of benzene rings is 2. The molecular formula is C19H23N3O2. The van der Waals surface area contributed by atoms with Crippen LogP contribution in [0.3, 0.4) is 0 Å². The van der Waals surface area contributed by atoms with Crippen LogP contribution < -0.4 is 10.2 Å². The van der Waals surface area contributed by atoms with Crippen molar-refractivity contribution in [1.82, 2.24) is 4.90 Å². The molecule has 2 aromatic carbocycles. The first-order chi connectivity index (χ1) is 11.5. The monoisotopic (exact) mass is 325 g/mol. The molecule has 0 spiro atoms. The van der Waals surface area contributed by atoms with Gasteiger partial charge in [0, 0.05) is 14.1 Å². The fraction of sp³-hybridized carbons (Fsp3) is 0.263. The van der Waals surface area contributed by atoms with Crippen molar-refractivity contribution in [2.75, 3.05) is 26.1 Å². The van der Waals surface area contributed by atoms with E-state index >= 15 is 0 Å². The highest BCUT2D eigenvalue weighted by atomic mass is 16.5. The fourth-order valence-corrected chi connectivity index (χ4v) is 1.91. The van der Waals surface area contributed by atoms with Crippen LogP contribution in [0.2, 0.25) is 0 Å². The third kappa shape index (κ3) is 5.12. The highest BCUT2D eigenvalue weighted by Crippen LogP contribution is 2.14. The van der Waals surface area contributed by atoms with Crippen LogP contribution in [-0.4, -0.2) is 37.2 Å². The van der Waals surface area contributed by atoms with E-state index in [-0.39, 0.29) is 12.5 Å². The predicted octanol–water partition coefficient (Wildman–Crippen LogP) is 3.30. The third-order valence-electron chi connectivity index (χ3n) is 3.54. The van der Waals surface area contributed by atoms with Gasteiger partial charge in [0.1, 0.15) is 5.75 Å². The SMILES string of the molecule is C/C(=N/Nc1ccc(C)cc1)c1ccc(OCC(=O)N(C)C)cc1. The maximum Gasteiger partial charge on any atom is 0.259 e. The minimum absolute atomic E-state index is 0.0361. The van der Waals surface area contributed by atoms with Crippen molar-refractivity contribution in [3.63, 3.8) is 0 Å². The van der Waals surface area contributed by atoms with Gasteiger partial charge in [-0.1, -0.05) is 17.7 Å². The summed E-state index contributed by atoms with van der Waals surface area (Å²) in [5.74, 6) is 0.590. The molecule has 0 aliphatic carbocycles. The van der Waals surface area contributed by atoms with Gasteiger partial charge in [-0.05, 0) is 55.8 Å². The average Bonchev–Trinajstić information content (AvgIpc) is 2.59. The number of amides is 1. The molecule has 0 saturated carbocycles. The molecule has 0 heterocycles. The topological polar surface area (TPSA) is 53.9 Å². The minimum Gasteiger partial charge on any atom is -0.484 e. The van der Waals surface area contributed by atoms with E-state index in [1.165, 1.54) is 10.5 Å². The van der Waals surface area contributed by atoms with Crippen LogP contribution in [0.4, 0.5) is 5.69 Å². The summed E-state index contributed by atoms with van der Waals surface area (Å²) in [6.45, 7) is 4.02. The van der Waals surface area contributed by atoms with Gasteiger partial charge in [0.05, 0.1) is 11.4 Å². The number of anilines is 1. The number of hydrogen-bond acceptors (Lipinski definition) is 4. The molecule has 0 radical (unpaired) electrons. The number of carbonyl (C=O) groups is 1. The van der Waals surface area contributed by atoms with Crippen LogP contribution in [0, 0.1) is 6.92 Å². The lowest BCUT2D eigenvalue weighted by Gasteiger charge is -2.11. The molecule has 1 amide bonds. The molecule has 5 nitrogen and oxygen atoms in total. The smallest absolute Gasteiger partial charge is 0.259 e. The summed E-state index contributed by atoms with van der Waals surface area (Å²) in [5, 5.41) is 4.39. The zero-order chi connectivity index (χ0) is 17.5. The Kier molecular flexibility index (Phi) is 5.95. The van der Waals surface area contributed by atoms with Crippen LogP contribution in [-0.2, 0) is 4.79 Å². The Bertz CT molecular complexity index is 704. The number of carbonyl (C=O) groups excluding carboxylic acids is 1. The largest absolute Gasteiger partial charge is 0.484 e. The van der Waals surface area contributed by atoms with Crippen molar-refractivity contribution in [2.24, 2.45) is 5.10 Å². The maximum atomic E-state index is 11.5. The summed E-state index contributed by atoms with van der Waals surface area (Å²) >= 11 is 0. The Morgan fingerprint density at radius 2 is 1.71 bits per heavy atom. The Morgan fingerprint density at radius 3 is 2.29 bits per heavy atom. The lowest BCUT2D eigenvalue weighted by molar-refractivity contribution is -0.130. The van der Waals surface area contributed by atoms with E-state index in [4.69, 9.17) is 4.74 Å². The molecule has 1 N–H and O–H groups in total.